The minimum atomic E-state index is -3.23. The van der Waals surface area contributed by atoms with Gasteiger partial charge in [-0.3, -0.25) is 14.9 Å². The van der Waals surface area contributed by atoms with Crippen LogP contribution in [-0.4, -0.2) is 17.1 Å². The minimum Gasteiger partial charge on any atom is -0.287 e. The molecule has 6 heteroatoms. The molecule has 4 nitrogen and oxygen atoms in total. The third kappa shape index (κ3) is 2.34. The van der Waals surface area contributed by atoms with Crippen molar-refractivity contribution in [3.63, 3.8) is 0 Å². The summed E-state index contributed by atoms with van der Waals surface area (Å²) in [4.78, 5) is 20.6. The monoisotopic (exact) mass is 215 g/mol. The number of halogens is 2. The maximum Gasteiger partial charge on any atom is 0.300 e. The molecule has 0 radical (unpaired) electrons. The van der Waals surface area contributed by atoms with E-state index in [1.807, 2.05) is 0 Å². The molecule has 0 aliphatic rings. The molecule has 0 aromatic heterocycles. The summed E-state index contributed by atoms with van der Waals surface area (Å²) in [5.74, 6) is -1.52. The van der Waals surface area contributed by atoms with Gasteiger partial charge in [-0.15, -0.1) is 0 Å². The molecule has 0 amide bonds. The summed E-state index contributed by atoms with van der Waals surface area (Å²) < 4.78 is 24.2. The largest absolute Gasteiger partial charge is 0.300 e. The quantitative estimate of drug-likeness (QED) is 0.441. The highest BCUT2D eigenvalue weighted by atomic mass is 19.3. The second kappa shape index (κ2) is 4.12. The second-order valence-electron chi connectivity index (χ2n) is 2.94. The van der Waals surface area contributed by atoms with Crippen molar-refractivity contribution in [1.29, 1.82) is 0 Å². The number of Topliss-reactive ketones (excluding diaryl/α,β-unsaturated/α-hetero) is 1. The van der Waals surface area contributed by atoms with E-state index in [4.69, 9.17) is 0 Å². The minimum absolute atomic E-state index is 0.518. The number of benzene rings is 1. The third-order valence-corrected chi connectivity index (χ3v) is 1.81. The van der Waals surface area contributed by atoms with E-state index in [0.29, 0.717) is 5.56 Å². The third-order valence-electron chi connectivity index (χ3n) is 1.81. The van der Waals surface area contributed by atoms with E-state index in [-0.39, 0.29) is 0 Å². The summed E-state index contributed by atoms with van der Waals surface area (Å²) in [6.07, 6.45) is -3.23. The number of carbonyl (C=O) groups is 1. The molecule has 0 spiro atoms. The van der Waals surface area contributed by atoms with Crippen molar-refractivity contribution in [2.45, 2.75) is 13.3 Å². The van der Waals surface area contributed by atoms with Crippen molar-refractivity contribution in [2.75, 3.05) is 0 Å². The Morgan fingerprint density at radius 2 is 2.07 bits per heavy atom. The standard InChI is InChI=1S/C9H7F2NO3/c1-5-2-3-7(12(14)15)6(4-5)8(13)9(10)11/h2-4,9H,1H3. The smallest absolute Gasteiger partial charge is 0.287 e. The lowest BCUT2D eigenvalue weighted by atomic mass is 10.1. The van der Waals surface area contributed by atoms with Gasteiger partial charge in [0.25, 0.3) is 5.69 Å². The summed E-state index contributed by atoms with van der Waals surface area (Å²) in [5.41, 5.74) is -0.620. The average Bonchev–Trinajstić information content (AvgIpc) is 2.15. The first-order valence-electron chi connectivity index (χ1n) is 4.01. The maximum absolute atomic E-state index is 12.1. The van der Waals surface area contributed by atoms with Crippen LogP contribution in [0.4, 0.5) is 14.5 Å². The Kier molecular flexibility index (Phi) is 3.08. The fraction of sp³-hybridized carbons (Fsp3) is 0.222. The van der Waals surface area contributed by atoms with Crippen LogP contribution >= 0.6 is 0 Å². The number of hydrogen-bond acceptors (Lipinski definition) is 3. The number of nitro benzene ring substituents is 1. The molecule has 1 rings (SSSR count). The van der Waals surface area contributed by atoms with E-state index in [1.165, 1.54) is 6.07 Å². The SMILES string of the molecule is Cc1ccc([N+](=O)[O-])c(C(=O)C(F)F)c1. The zero-order valence-electron chi connectivity index (χ0n) is 7.74. The van der Waals surface area contributed by atoms with Crippen molar-refractivity contribution in [2.24, 2.45) is 0 Å². The summed E-state index contributed by atoms with van der Waals surface area (Å²) in [6, 6.07) is 3.53. The summed E-state index contributed by atoms with van der Waals surface area (Å²) in [6.45, 7) is 1.56. The Morgan fingerprint density at radius 3 is 2.53 bits per heavy atom. The molecular formula is C9H7F2NO3. The van der Waals surface area contributed by atoms with Gasteiger partial charge in [0.1, 0.15) is 5.56 Å². The fourth-order valence-electron chi connectivity index (χ4n) is 1.12. The number of rotatable bonds is 3. The first kappa shape index (κ1) is 11.2. The molecule has 0 atom stereocenters. The highest BCUT2D eigenvalue weighted by molar-refractivity contribution is 6.02. The number of alkyl halides is 2. The van der Waals surface area contributed by atoms with Crippen LogP contribution < -0.4 is 0 Å². The van der Waals surface area contributed by atoms with Gasteiger partial charge in [0, 0.05) is 6.07 Å². The number of carbonyl (C=O) groups excluding carboxylic acids is 1. The zero-order chi connectivity index (χ0) is 11.6. The second-order valence-corrected chi connectivity index (χ2v) is 2.94. The number of nitro groups is 1. The topological polar surface area (TPSA) is 60.2 Å². The van der Waals surface area contributed by atoms with Crippen molar-refractivity contribution in [3.05, 3.63) is 39.4 Å². The Balaban J connectivity index is 3.30. The number of hydrogen-bond donors (Lipinski definition) is 0. The fourth-order valence-corrected chi connectivity index (χ4v) is 1.12. The molecule has 0 bridgehead atoms. The predicted molar refractivity (Wildman–Crippen MR) is 48.2 cm³/mol. The molecule has 0 fully saturated rings. The number of ketones is 1. The molecule has 0 N–H and O–H groups in total. The molecule has 0 saturated heterocycles. The first-order valence-corrected chi connectivity index (χ1v) is 4.01. The molecule has 15 heavy (non-hydrogen) atoms. The summed E-state index contributed by atoms with van der Waals surface area (Å²) in [7, 11) is 0. The van der Waals surface area contributed by atoms with E-state index in [9.17, 15) is 23.7 Å². The average molecular weight is 215 g/mol. The van der Waals surface area contributed by atoms with Gasteiger partial charge in [-0.05, 0) is 18.6 Å². The van der Waals surface area contributed by atoms with E-state index < -0.39 is 28.4 Å². The lowest BCUT2D eigenvalue weighted by molar-refractivity contribution is -0.385. The molecule has 0 aliphatic carbocycles. The van der Waals surface area contributed by atoms with Crippen LogP contribution in [0.2, 0.25) is 0 Å². The van der Waals surface area contributed by atoms with Crippen LogP contribution in [-0.2, 0) is 0 Å². The van der Waals surface area contributed by atoms with Crippen molar-refractivity contribution in [3.8, 4) is 0 Å². The number of nitrogens with zero attached hydrogens (tertiary/aromatic N) is 1. The van der Waals surface area contributed by atoms with E-state index in [0.717, 1.165) is 12.1 Å². The van der Waals surface area contributed by atoms with Crippen molar-refractivity contribution < 1.29 is 18.5 Å². The van der Waals surface area contributed by atoms with Gasteiger partial charge in [0.15, 0.2) is 0 Å². The molecule has 1 aromatic rings. The normalized spacial score (nSPS) is 10.4. The van der Waals surface area contributed by atoms with Gasteiger partial charge >= 0.3 is 6.43 Å². The zero-order valence-corrected chi connectivity index (χ0v) is 7.74. The Hall–Kier alpha value is -1.85. The van der Waals surface area contributed by atoms with Gasteiger partial charge < -0.3 is 0 Å². The molecular weight excluding hydrogens is 208 g/mol. The van der Waals surface area contributed by atoms with Gasteiger partial charge in [-0.2, -0.15) is 0 Å². The Bertz CT molecular complexity index is 418. The van der Waals surface area contributed by atoms with Crippen molar-refractivity contribution in [1.82, 2.24) is 0 Å². The lowest BCUT2D eigenvalue weighted by Gasteiger charge is -2.02. The van der Waals surface area contributed by atoms with Crippen LogP contribution in [0.5, 0.6) is 0 Å². The first-order chi connectivity index (χ1) is 6.93. The summed E-state index contributed by atoms with van der Waals surface area (Å²) in [5, 5.41) is 10.5. The predicted octanol–water partition coefficient (Wildman–Crippen LogP) is 2.35. The lowest BCUT2D eigenvalue weighted by Crippen LogP contribution is -2.12. The Morgan fingerprint density at radius 1 is 1.47 bits per heavy atom. The van der Waals surface area contributed by atoms with Crippen LogP contribution in [0, 0.1) is 17.0 Å². The molecule has 0 saturated carbocycles. The highest BCUT2D eigenvalue weighted by Crippen LogP contribution is 2.22. The van der Waals surface area contributed by atoms with Crippen LogP contribution in [0.1, 0.15) is 15.9 Å². The van der Waals surface area contributed by atoms with Gasteiger partial charge in [0.2, 0.25) is 5.78 Å². The molecule has 1 aromatic carbocycles. The molecule has 0 heterocycles. The number of aryl methyl sites for hydroxylation is 1. The summed E-state index contributed by atoms with van der Waals surface area (Å²) >= 11 is 0. The van der Waals surface area contributed by atoms with E-state index in [2.05, 4.69) is 0 Å². The van der Waals surface area contributed by atoms with Crippen LogP contribution in [0.25, 0.3) is 0 Å². The molecule has 0 aliphatic heterocycles. The van der Waals surface area contributed by atoms with Crippen LogP contribution in [0.15, 0.2) is 18.2 Å². The molecule has 0 unspecified atom stereocenters. The van der Waals surface area contributed by atoms with Crippen molar-refractivity contribution >= 4 is 11.5 Å². The Labute approximate surface area is 83.7 Å². The maximum atomic E-state index is 12.1. The van der Waals surface area contributed by atoms with Crippen LogP contribution in [0.3, 0.4) is 0 Å². The van der Waals surface area contributed by atoms with E-state index in [1.54, 1.807) is 6.92 Å². The van der Waals surface area contributed by atoms with Gasteiger partial charge in [0.05, 0.1) is 4.92 Å². The van der Waals surface area contributed by atoms with E-state index >= 15 is 0 Å². The highest BCUT2D eigenvalue weighted by Gasteiger charge is 2.26. The van der Waals surface area contributed by atoms with Gasteiger partial charge in [-0.1, -0.05) is 6.07 Å². The molecule has 80 valence electrons. The van der Waals surface area contributed by atoms with Gasteiger partial charge in [-0.25, -0.2) is 8.78 Å².